The Hall–Kier alpha value is -1.10. The minimum absolute atomic E-state index is 0.0300. The van der Waals surface area contributed by atoms with Gasteiger partial charge in [0.15, 0.2) is 0 Å². The first-order valence-corrected chi connectivity index (χ1v) is 8.88. The van der Waals surface area contributed by atoms with E-state index >= 15 is 0 Å². The third kappa shape index (κ3) is 3.29. The summed E-state index contributed by atoms with van der Waals surface area (Å²) in [6, 6.07) is 0. The second-order valence-corrected chi connectivity index (χ2v) is 7.33. The van der Waals surface area contributed by atoms with Gasteiger partial charge in [0.2, 0.25) is 11.8 Å². The number of likely N-dealkylation sites (tertiary alicyclic amines) is 1. The van der Waals surface area contributed by atoms with E-state index in [1.807, 2.05) is 4.90 Å². The van der Waals surface area contributed by atoms with E-state index in [1.54, 1.807) is 0 Å². The van der Waals surface area contributed by atoms with E-state index in [4.69, 9.17) is 0 Å². The summed E-state index contributed by atoms with van der Waals surface area (Å²) in [5.74, 6) is -0.203. The SMILES string of the molecule is O=C(NCC1(O)CCC1)C1CCCCC1C(=O)N1CCCC1. The molecular formula is C17H28N2O3. The predicted molar refractivity (Wildman–Crippen MR) is 83.1 cm³/mol. The Bertz CT molecular complexity index is 428. The lowest BCUT2D eigenvalue weighted by Crippen LogP contribution is -2.51. The fourth-order valence-corrected chi connectivity index (χ4v) is 4.06. The molecule has 22 heavy (non-hydrogen) atoms. The molecule has 2 unspecified atom stereocenters. The van der Waals surface area contributed by atoms with Crippen molar-refractivity contribution in [1.82, 2.24) is 10.2 Å². The molecule has 0 aromatic rings. The van der Waals surface area contributed by atoms with Gasteiger partial charge < -0.3 is 15.3 Å². The number of nitrogens with one attached hydrogen (secondary N) is 1. The topological polar surface area (TPSA) is 69.6 Å². The van der Waals surface area contributed by atoms with Crippen molar-refractivity contribution in [3.8, 4) is 0 Å². The Kier molecular flexibility index (Phi) is 4.71. The second kappa shape index (κ2) is 6.57. The highest BCUT2D eigenvalue weighted by Gasteiger charge is 2.40. The van der Waals surface area contributed by atoms with E-state index in [2.05, 4.69) is 5.32 Å². The fourth-order valence-electron chi connectivity index (χ4n) is 4.06. The van der Waals surface area contributed by atoms with Crippen molar-refractivity contribution in [3.05, 3.63) is 0 Å². The highest BCUT2D eigenvalue weighted by Crippen LogP contribution is 2.34. The van der Waals surface area contributed by atoms with Crippen molar-refractivity contribution in [3.63, 3.8) is 0 Å². The number of hydrogen-bond donors (Lipinski definition) is 2. The van der Waals surface area contributed by atoms with Gasteiger partial charge in [0.25, 0.3) is 0 Å². The molecule has 0 aromatic carbocycles. The second-order valence-electron chi connectivity index (χ2n) is 7.33. The first kappa shape index (κ1) is 15.8. The number of amides is 2. The van der Waals surface area contributed by atoms with Crippen molar-refractivity contribution >= 4 is 11.8 Å². The zero-order chi connectivity index (χ0) is 15.6. The van der Waals surface area contributed by atoms with Crippen molar-refractivity contribution in [2.24, 2.45) is 11.8 Å². The summed E-state index contributed by atoms with van der Waals surface area (Å²) < 4.78 is 0. The van der Waals surface area contributed by atoms with E-state index in [9.17, 15) is 14.7 Å². The Morgan fingerprint density at radius 2 is 1.64 bits per heavy atom. The van der Waals surface area contributed by atoms with Crippen molar-refractivity contribution in [2.45, 2.75) is 63.4 Å². The fraction of sp³-hybridized carbons (Fsp3) is 0.882. The average molecular weight is 308 g/mol. The maximum Gasteiger partial charge on any atom is 0.226 e. The molecule has 3 fully saturated rings. The highest BCUT2D eigenvalue weighted by molar-refractivity contribution is 5.88. The van der Waals surface area contributed by atoms with Gasteiger partial charge in [-0.25, -0.2) is 0 Å². The molecule has 5 nitrogen and oxygen atoms in total. The molecule has 3 aliphatic rings. The number of hydrogen-bond acceptors (Lipinski definition) is 3. The number of rotatable bonds is 4. The number of aliphatic hydroxyl groups is 1. The molecule has 124 valence electrons. The largest absolute Gasteiger partial charge is 0.388 e. The van der Waals surface area contributed by atoms with Crippen molar-refractivity contribution in [2.75, 3.05) is 19.6 Å². The van der Waals surface area contributed by atoms with Gasteiger partial charge in [-0.3, -0.25) is 9.59 Å². The molecule has 1 saturated heterocycles. The molecule has 1 heterocycles. The molecule has 5 heteroatoms. The Labute approximate surface area is 132 Å². The molecule has 0 aromatic heterocycles. The quantitative estimate of drug-likeness (QED) is 0.826. The van der Waals surface area contributed by atoms with Crippen LogP contribution in [0.2, 0.25) is 0 Å². The van der Waals surface area contributed by atoms with Gasteiger partial charge >= 0.3 is 0 Å². The van der Waals surface area contributed by atoms with Gasteiger partial charge in [-0.15, -0.1) is 0 Å². The van der Waals surface area contributed by atoms with Crippen LogP contribution in [0.5, 0.6) is 0 Å². The van der Waals surface area contributed by atoms with E-state index in [0.29, 0.717) is 6.54 Å². The van der Waals surface area contributed by atoms with Crippen LogP contribution in [0, 0.1) is 11.8 Å². The lowest BCUT2D eigenvalue weighted by atomic mass is 9.77. The predicted octanol–water partition coefficient (Wildman–Crippen LogP) is 1.45. The Balaban J connectivity index is 1.58. The molecule has 1 aliphatic heterocycles. The summed E-state index contributed by atoms with van der Waals surface area (Å²) in [5.41, 5.74) is -0.696. The van der Waals surface area contributed by atoms with Gasteiger partial charge in [-0.1, -0.05) is 12.8 Å². The van der Waals surface area contributed by atoms with E-state index in [1.165, 1.54) is 0 Å². The zero-order valence-corrected chi connectivity index (χ0v) is 13.4. The van der Waals surface area contributed by atoms with Crippen LogP contribution in [-0.2, 0) is 9.59 Å². The van der Waals surface area contributed by atoms with Crippen LogP contribution >= 0.6 is 0 Å². The molecule has 2 amide bonds. The van der Waals surface area contributed by atoms with Crippen molar-refractivity contribution < 1.29 is 14.7 Å². The van der Waals surface area contributed by atoms with Gasteiger partial charge in [-0.2, -0.15) is 0 Å². The van der Waals surface area contributed by atoms with Crippen molar-refractivity contribution in [1.29, 1.82) is 0 Å². The highest BCUT2D eigenvalue weighted by atomic mass is 16.3. The van der Waals surface area contributed by atoms with Gasteiger partial charge in [0, 0.05) is 31.5 Å². The van der Waals surface area contributed by atoms with Crippen LogP contribution in [0.3, 0.4) is 0 Å². The molecule has 0 bridgehead atoms. The van der Waals surface area contributed by atoms with Crippen LogP contribution in [0.4, 0.5) is 0 Å². The number of carbonyl (C=O) groups excluding carboxylic acids is 2. The number of carbonyl (C=O) groups is 2. The zero-order valence-electron chi connectivity index (χ0n) is 13.4. The lowest BCUT2D eigenvalue weighted by Gasteiger charge is -2.38. The minimum Gasteiger partial charge on any atom is -0.388 e. The van der Waals surface area contributed by atoms with E-state index < -0.39 is 5.60 Å². The summed E-state index contributed by atoms with van der Waals surface area (Å²) in [6.45, 7) is 2.04. The van der Waals surface area contributed by atoms with Gasteiger partial charge in [-0.05, 0) is 44.9 Å². The molecule has 2 atom stereocenters. The van der Waals surface area contributed by atoms with Gasteiger partial charge in [0.05, 0.1) is 5.60 Å². The Morgan fingerprint density at radius 1 is 1.00 bits per heavy atom. The first-order chi connectivity index (χ1) is 10.6. The average Bonchev–Trinajstić information content (AvgIpc) is 3.04. The summed E-state index contributed by atoms with van der Waals surface area (Å²) in [7, 11) is 0. The Morgan fingerprint density at radius 3 is 2.23 bits per heavy atom. The maximum atomic E-state index is 12.7. The smallest absolute Gasteiger partial charge is 0.226 e. The normalized spacial score (nSPS) is 30.7. The molecule has 0 radical (unpaired) electrons. The van der Waals surface area contributed by atoms with E-state index in [0.717, 1.165) is 70.9 Å². The van der Waals surface area contributed by atoms with Crippen LogP contribution in [0.15, 0.2) is 0 Å². The van der Waals surface area contributed by atoms with Crippen LogP contribution in [-0.4, -0.2) is 47.1 Å². The van der Waals surface area contributed by atoms with Gasteiger partial charge in [0.1, 0.15) is 0 Å². The number of nitrogens with zero attached hydrogens (tertiary/aromatic N) is 1. The molecule has 2 aliphatic carbocycles. The van der Waals surface area contributed by atoms with Crippen LogP contribution in [0.25, 0.3) is 0 Å². The third-order valence-electron chi connectivity index (χ3n) is 5.71. The molecule has 0 spiro atoms. The standard InChI is InChI=1S/C17H28N2O3/c20-15(18-12-17(22)8-5-9-17)13-6-1-2-7-14(13)16(21)19-10-3-4-11-19/h13-14,22H,1-12H2,(H,18,20). The van der Waals surface area contributed by atoms with Crippen LogP contribution in [0.1, 0.15) is 57.8 Å². The van der Waals surface area contributed by atoms with E-state index in [-0.39, 0.29) is 23.7 Å². The minimum atomic E-state index is -0.696. The summed E-state index contributed by atoms with van der Waals surface area (Å²) in [4.78, 5) is 27.1. The monoisotopic (exact) mass is 308 g/mol. The third-order valence-corrected chi connectivity index (χ3v) is 5.71. The lowest BCUT2D eigenvalue weighted by molar-refractivity contribution is -0.143. The molecular weight excluding hydrogens is 280 g/mol. The van der Waals surface area contributed by atoms with Crippen LogP contribution < -0.4 is 5.32 Å². The summed E-state index contributed by atoms with van der Waals surface area (Å²) in [5, 5.41) is 13.0. The maximum absolute atomic E-state index is 12.7. The first-order valence-electron chi connectivity index (χ1n) is 8.88. The summed E-state index contributed by atoms with van der Waals surface area (Å²) >= 11 is 0. The molecule has 2 saturated carbocycles. The molecule has 2 N–H and O–H groups in total. The molecule has 3 rings (SSSR count). The summed E-state index contributed by atoms with van der Waals surface area (Å²) in [6.07, 6.45) is 8.44.